The summed E-state index contributed by atoms with van der Waals surface area (Å²) < 4.78 is 5.26. The fourth-order valence-electron chi connectivity index (χ4n) is 0.798. The van der Waals surface area contributed by atoms with Crippen molar-refractivity contribution in [3.05, 3.63) is 5.89 Å². The van der Waals surface area contributed by atoms with Gasteiger partial charge in [0, 0.05) is 18.8 Å². The van der Waals surface area contributed by atoms with Crippen LogP contribution in [0.5, 0.6) is 0 Å². The van der Waals surface area contributed by atoms with Crippen LogP contribution in [0.1, 0.15) is 19.7 Å². The van der Waals surface area contributed by atoms with E-state index >= 15 is 0 Å². The van der Waals surface area contributed by atoms with Crippen molar-refractivity contribution in [3.63, 3.8) is 0 Å². The first-order valence-corrected chi connectivity index (χ1v) is 4.88. The molecule has 0 atom stereocenters. The van der Waals surface area contributed by atoms with Gasteiger partial charge in [0.05, 0.1) is 0 Å². The van der Waals surface area contributed by atoms with Gasteiger partial charge < -0.3 is 9.73 Å². The third kappa shape index (κ3) is 3.63. The van der Waals surface area contributed by atoms with Crippen LogP contribution in [0.3, 0.4) is 0 Å². The zero-order valence-corrected chi connectivity index (χ0v) is 8.64. The molecule has 13 heavy (non-hydrogen) atoms. The van der Waals surface area contributed by atoms with E-state index in [0.29, 0.717) is 30.1 Å². The number of aryl methyl sites for hydroxylation is 1. The van der Waals surface area contributed by atoms with Gasteiger partial charge in [-0.2, -0.15) is 0 Å². The lowest BCUT2D eigenvalue weighted by molar-refractivity contribution is 0.507. The van der Waals surface area contributed by atoms with E-state index in [-0.39, 0.29) is 0 Å². The highest BCUT2D eigenvalue weighted by molar-refractivity contribution is 6.17. The van der Waals surface area contributed by atoms with Gasteiger partial charge in [-0.05, 0) is 5.92 Å². The average molecular weight is 204 g/mol. The van der Waals surface area contributed by atoms with E-state index < -0.39 is 0 Å². The standard InChI is InChI=1S/C8H14ClN3O/c1-6(2)5-10-8-12-11-7(13-8)3-4-9/h6H,3-5H2,1-2H3,(H,10,12). The summed E-state index contributed by atoms with van der Waals surface area (Å²) in [6, 6.07) is 0.480. The van der Waals surface area contributed by atoms with E-state index in [1.165, 1.54) is 0 Å². The number of halogens is 1. The number of hydrogen-bond donors (Lipinski definition) is 1. The van der Waals surface area contributed by atoms with E-state index in [2.05, 4.69) is 29.4 Å². The third-order valence-electron chi connectivity index (χ3n) is 1.44. The predicted molar refractivity (Wildman–Crippen MR) is 52.0 cm³/mol. The first-order valence-electron chi connectivity index (χ1n) is 4.34. The van der Waals surface area contributed by atoms with Crippen LogP contribution in [0.25, 0.3) is 0 Å². The minimum Gasteiger partial charge on any atom is -0.408 e. The molecule has 4 nitrogen and oxygen atoms in total. The molecule has 0 spiro atoms. The maximum atomic E-state index is 5.52. The monoisotopic (exact) mass is 203 g/mol. The van der Waals surface area contributed by atoms with Gasteiger partial charge in [0.15, 0.2) is 0 Å². The van der Waals surface area contributed by atoms with Crippen LogP contribution in [-0.4, -0.2) is 22.6 Å². The topological polar surface area (TPSA) is 51.0 Å². The van der Waals surface area contributed by atoms with Crippen LogP contribution in [0.2, 0.25) is 0 Å². The Morgan fingerprint density at radius 1 is 1.46 bits per heavy atom. The molecule has 1 heterocycles. The van der Waals surface area contributed by atoms with Crippen LogP contribution in [0, 0.1) is 5.92 Å². The Bertz CT molecular complexity index is 249. The molecule has 0 unspecified atom stereocenters. The van der Waals surface area contributed by atoms with E-state index in [1.54, 1.807) is 0 Å². The van der Waals surface area contributed by atoms with Gasteiger partial charge in [-0.1, -0.05) is 18.9 Å². The lowest BCUT2D eigenvalue weighted by Gasteiger charge is -2.02. The van der Waals surface area contributed by atoms with E-state index in [1.807, 2.05) is 0 Å². The van der Waals surface area contributed by atoms with Gasteiger partial charge in [0.2, 0.25) is 5.89 Å². The molecule has 0 fully saturated rings. The van der Waals surface area contributed by atoms with Crippen molar-refractivity contribution in [1.82, 2.24) is 10.2 Å². The average Bonchev–Trinajstić information content (AvgIpc) is 2.50. The van der Waals surface area contributed by atoms with Gasteiger partial charge in [-0.25, -0.2) is 0 Å². The Labute approximate surface area is 82.7 Å². The largest absolute Gasteiger partial charge is 0.408 e. The zero-order chi connectivity index (χ0) is 9.68. The normalized spacial score (nSPS) is 10.8. The second-order valence-electron chi connectivity index (χ2n) is 3.21. The first-order chi connectivity index (χ1) is 6.22. The maximum absolute atomic E-state index is 5.52. The van der Waals surface area contributed by atoms with E-state index in [9.17, 15) is 0 Å². The summed E-state index contributed by atoms with van der Waals surface area (Å²) in [4.78, 5) is 0. The molecule has 5 heteroatoms. The lowest BCUT2D eigenvalue weighted by Crippen LogP contribution is -2.07. The fourth-order valence-corrected chi connectivity index (χ4v) is 0.960. The van der Waals surface area contributed by atoms with Crippen LogP contribution >= 0.6 is 11.6 Å². The molecule has 0 aliphatic heterocycles. The molecule has 1 rings (SSSR count). The maximum Gasteiger partial charge on any atom is 0.315 e. The fraction of sp³-hybridized carbons (Fsp3) is 0.750. The molecule has 1 N–H and O–H groups in total. The number of aromatic nitrogens is 2. The van der Waals surface area contributed by atoms with E-state index in [0.717, 1.165) is 6.54 Å². The van der Waals surface area contributed by atoms with Gasteiger partial charge in [0.1, 0.15) is 0 Å². The van der Waals surface area contributed by atoms with Gasteiger partial charge in [-0.15, -0.1) is 16.7 Å². The molecule has 1 aromatic heterocycles. The molecule has 0 aliphatic carbocycles. The highest BCUT2D eigenvalue weighted by Gasteiger charge is 2.04. The molecular weight excluding hydrogens is 190 g/mol. The zero-order valence-electron chi connectivity index (χ0n) is 7.88. The molecule has 0 aliphatic rings. The molecular formula is C8H14ClN3O. The number of hydrogen-bond acceptors (Lipinski definition) is 4. The van der Waals surface area contributed by atoms with Gasteiger partial charge in [-0.3, -0.25) is 0 Å². The SMILES string of the molecule is CC(C)CNc1nnc(CCCl)o1. The summed E-state index contributed by atoms with van der Waals surface area (Å²) in [5, 5.41) is 10.7. The molecule has 0 radical (unpaired) electrons. The van der Waals surface area contributed by atoms with Crippen LogP contribution in [0.4, 0.5) is 6.01 Å². The molecule has 74 valence electrons. The Morgan fingerprint density at radius 2 is 2.23 bits per heavy atom. The number of alkyl halides is 1. The van der Waals surface area contributed by atoms with E-state index in [4.69, 9.17) is 16.0 Å². The Morgan fingerprint density at radius 3 is 2.85 bits per heavy atom. The van der Waals surface area contributed by atoms with Crippen molar-refractivity contribution < 1.29 is 4.42 Å². The molecule has 0 saturated heterocycles. The minimum absolute atomic E-state index is 0.480. The van der Waals surface area contributed by atoms with Crippen LogP contribution < -0.4 is 5.32 Å². The van der Waals surface area contributed by atoms with Crippen LogP contribution in [-0.2, 0) is 6.42 Å². The second kappa shape index (κ2) is 5.07. The van der Waals surface area contributed by atoms with Crippen molar-refractivity contribution in [2.45, 2.75) is 20.3 Å². The minimum atomic E-state index is 0.480. The molecule has 0 bridgehead atoms. The number of anilines is 1. The predicted octanol–water partition coefficient (Wildman–Crippen LogP) is 1.92. The van der Waals surface area contributed by atoms with Gasteiger partial charge in [0.25, 0.3) is 0 Å². The quantitative estimate of drug-likeness (QED) is 0.743. The first kappa shape index (κ1) is 10.3. The summed E-state index contributed by atoms with van der Waals surface area (Å²) in [6.45, 7) is 5.06. The molecule has 0 amide bonds. The lowest BCUT2D eigenvalue weighted by atomic mass is 10.2. The summed E-state index contributed by atoms with van der Waals surface area (Å²) in [6.07, 6.45) is 0.623. The van der Waals surface area contributed by atoms with Crippen molar-refractivity contribution in [1.29, 1.82) is 0 Å². The Kier molecular flexibility index (Phi) is 4.02. The molecule has 0 aromatic carbocycles. The number of nitrogens with zero attached hydrogens (tertiary/aromatic N) is 2. The summed E-state index contributed by atoms with van der Waals surface area (Å²) in [7, 11) is 0. The summed E-state index contributed by atoms with van der Waals surface area (Å²) in [5.74, 6) is 1.65. The third-order valence-corrected chi connectivity index (χ3v) is 1.63. The summed E-state index contributed by atoms with van der Waals surface area (Å²) in [5.41, 5.74) is 0. The van der Waals surface area contributed by atoms with Crippen molar-refractivity contribution >= 4 is 17.6 Å². The summed E-state index contributed by atoms with van der Waals surface area (Å²) >= 11 is 5.52. The number of nitrogens with one attached hydrogen (secondary N) is 1. The molecule has 1 aromatic rings. The van der Waals surface area contributed by atoms with Crippen molar-refractivity contribution in [2.24, 2.45) is 5.92 Å². The highest BCUT2D eigenvalue weighted by Crippen LogP contribution is 2.07. The van der Waals surface area contributed by atoms with Gasteiger partial charge >= 0.3 is 6.01 Å². The smallest absolute Gasteiger partial charge is 0.315 e. The highest BCUT2D eigenvalue weighted by atomic mass is 35.5. The number of rotatable bonds is 5. The van der Waals surface area contributed by atoms with Crippen LogP contribution in [0.15, 0.2) is 4.42 Å². The van der Waals surface area contributed by atoms with Crippen molar-refractivity contribution in [2.75, 3.05) is 17.7 Å². The Hall–Kier alpha value is -0.770. The molecule has 0 saturated carbocycles. The second-order valence-corrected chi connectivity index (χ2v) is 3.59. The Balaban J connectivity index is 2.39. The van der Waals surface area contributed by atoms with Crippen molar-refractivity contribution in [3.8, 4) is 0 Å².